The summed E-state index contributed by atoms with van der Waals surface area (Å²) in [4.78, 5) is 16.0. The van der Waals surface area contributed by atoms with Crippen molar-refractivity contribution >= 4 is 17.1 Å². The topological polar surface area (TPSA) is 60.9 Å². The van der Waals surface area contributed by atoms with Gasteiger partial charge in [-0.1, -0.05) is 26.0 Å². The first-order valence-corrected chi connectivity index (χ1v) is 5.85. The number of hydrogen-bond donors (Lipinski definition) is 1. The predicted molar refractivity (Wildman–Crippen MR) is 67.9 cm³/mol. The molecule has 0 aliphatic heterocycles. The zero-order valence-electron chi connectivity index (χ0n) is 10.2. The average Bonchev–Trinajstić information content (AvgIpc) is 2.64. The number of carbonyl (C=O) groups excluding carboxylic acids is 1. The molecule has 0 radical (unpaired) electrons. The van der Waals surface area contributed by atoms with Crippen LogP contribution in [0.15, 0.2) is 24.3 Å². The maximum absolute atomic E-state index is 11.5. The summed E-state index contributed by atoms with van der Waals surface area (Å²) in [6, 6.07) is 7.10. The summed E-state index contributed by atoms with van der Waals surface area (Å²) in [7, 11) is 0. The molecular formula is C13H17N3O. The van der Waals surface area contributed by atoms with Gasteiger partial charge in [-0.25, -0.2) is 14.3 Å². The van der Waals surface area contributed by atoms with Crippen molar-refractivity contribution in [3.05, 3.63) is 30.1 Å². The smallest absolute Gasteiger partial charge is 0.324 e. The van der Waals surface area contributed by atoms with E-state index in [1.807, 2.05) is 24.3 Å². The van der Waals surface area contributed by atoms with E-state index in [1.165, 1.54) is 4.57 Å². The van der Waals surface area contributed by atoms with Crippen molar-refractivity contribution in [2.24, 2.45) is 11.7 Å². The molecule has 17 heavy (non-hydrogen) atoms. The quantitative estimate of drug-likeness (QED) is 0.882. The average molecular weight is 231 g/mol. The molecule has 0 fully saturated rings. The Morgan fingerprint density at radius 3 is 2.76 bits per heavy atom. The molecule has 90 valence electrons. The number of benzene rings is 1. The first kappa shape index (κ1) is 11.6. The summed E-state index contributed by atoms with van der Waals surface area (Å²) in [5.41, 5.74) is 7.03. The second kappa shape index (κ2) is 4.57. The molecule has 1 aromatic heterocycles. The summed E-state index contributed by atoms with van der Waals surface area (Å²) in [5, 5.41) is 0. The molecule has 0 aliphatic rings. The molecule has 0 atom stereocenters. The Bertz CT molecular complexity index is 543. The maximum Gasteiger partial charge on any atom is 0.324 e. The Morgan fingerprint density at radius 2 is 2.12 bits per heavy atom. The van der Waals surface area contributed by atoms with Crippen molar-refractivity contribution in [3.63, 3.8) is 0 Å². The van der Waals surface area contributed by atoms with Crippen LogP contribution in [-0.2, 0) is 6.42 Å². The summed E-state index contributed by atoms with van der Waals surface area (Å²) < 4.78 is 1.51. The highest BCUT2D eigenvalue weighted by Gasteiger charge is 2.13. The van der Waals surface area contributed by atoms with Crippen LogP contribution in [0.5, 0.6) is 0 Å². The van der Waals surface area contributed by atoms with E-state index in [9.17, 15) is 4.79 Å². The Hall–Kier alpha value is -1.84. The Kier molecular flexibility index (Phi) is 3.13. The monoisotopic (exact) mass is 231 g/mol. The van der Waals surface area contributed by atoms with Gasteiger partial charge in [0.1, 0.15) is 5.82 Å². The minimum atomic E-state index is -0.461. The van der Waals surface area contributed by atoms with E-state index in [0.717, 1.165) is 29.7 Å². The molecule has 1 amide bonds. The first-order valence-electron chi connectivity index (χ1n) is 5.85. The molecule has 2 rings (SSSR count). The lowest BCUT2D eigenvalue weighted by molar-refractivity contribution is 0.250. The van der Waals surface area contributed by atoms with Gasteiger partial charge in [0, 0.05) is 6.42 Å². The predicted octanol–water partition coefficient (Wildman–Crippen LogP) is 2.55. The lowest BCUT2D eigenvalue weighted by atomic mass is 10.1. The van der Waals surface area contributed by atoms with Gasteiger partial charge >= 0.3 is 6.03 Å². The van der Waals surface area contributed by atoms with Crippen LogP contribution in [0.4, 0.5) is 4.79 Å². The third kappa shape index (κ3) is 2.30. The Labute approximate surface area is 100 Å². The zero-order chi connectivity index (χ0) is 12.4. The minimum Gasteiger partial charge on any atom is -0.351 e. The van der Waals surface area contributed by atoms with Gasteiger partial charge in [-0.2, -0.15) is 0 Å². The SMILES string of the molecule is CC(C)CCc1nc2ccccc2n1C(N)=O. The highest BCUT2D eigenvalue weighted by molar-refractivity contribution is 5.89. The molecular weight excluding hydrogens is 214 g/mol. The van der Waals surface area contributed by atoms with E-state index in [1.54, 1.807) is 0 Å². The van der Waals surface area contributed by atoms with Crippen LogP contribution in [0.3, 0.4) is 0 Å². The van der Waals surface area contributed by atoms with Crippen LogP contribution in [0, 0.1) is 5.92 Å². The van der Waals surface area contributed by atoms with Gasteiger partial charge in [-0.15, -0.1) is 0 Å². The summed E-state index contributed by atoms with van der Waals surface area (Å²) in [6.07, 6.45) is 1.77. The Morgan fingerprint density at radius 1 is 1.41 bits per heavy atom. The van der Waals surface area contributed by atoms with E-state index >= 15 is 0 Å². The highest BCUT2D eigenvalue weighted by atomic mass is 16.2. The Balaban J connectivity index is 2.46. The highest BCUT2D eigenvalue weighted by Crippen LogP contribution is 2.17. The van der Waals surface area contributed by atoms with Crippen LogP contribution < -0.4 is 5.73 Å². The maximum atomic E-state index is 11.5. The molecule has 0 saturated heterocycles. The number of para-hydroxylation sites is 2. The molecule has 1 aromatic carbocycles. The van der Waals surface area contributed by atoms with Gasteiger partial charge in [0.15, 0.2) is 0 Å². The molecule has 0 bridgehead atoms. The molecule has 1 heterocycles. The zero-order valence-corrected chi connectivity index (χ0v) is 10.2. The molecule has 0 unspecified atom stereocenters. The molecule has 0 saturated carbocycles. The number of nitrogens with two attached hydrogens (primary N) is 1. The molecule has 4 heteroatoms. The van der Waals surface area contributed by atoms with Crippen LogP contribution in [-0.4, -0.2) is 15.6 Å². The van der Waals surface area contributed by atoms with Crippen molar-refractivity contribution in [3.8, 4) is 0 Å². The number of amides is 1. The number of aryl methyl sites for hydroxylation is 1. The van der Waals surface area contributed by atoms with Gasteiger partial charge in [-0.05, 0) is 24.5 Å². The molecule has 0 aliphatic carbocycles. The molecule has 2 aromatic rings. The van der Waals surface area contributed by atoms with E-state index in [2.05, 4.69) is 18.8 Å². The third-order valence-electron chi connectivity index (χ3n) is 2.80. The van der Waals surface area contributed by atoms with Gasteiger partial charge in [0.25, 0.3) is 0 Å². The molecule has 4 nitrogen and oxygen atoms in total. The van der Waals surface area contributed by atoms with Gasteiger partial charge in [-0.3, -0.25) is 0 Å². The van der Waals surface area contributed by atoms with Crippen LogP contribution in [0.1, 0.15) is 26.1 Å². The van der Waals surface area contributed by atoms with Crippen molar-refractivity contribution in [1.29, 1.82) is 0 Å². The number of carbonyl (C=O) groups is 1. The summed E-state index contributed by atoms with van der Waals surface area (Å²) in [5.74, 6) is 1.34. The first-order chi connectivity index (χ1) is 8.09. The summed E-state index contributed by atoms with van der Waals surface area (Å²) in [6.45, 7) is 4.30. The van der Waals surface area contributed by atoms with Crippen LogP contribution in [0.2, 0.25) is 0 Å². The second-order valence-electron chi connectivity index (χ2n) is 4.62. The molecule has 2 N–H and O–H groups in total. The lowest BCUT2D eigenvalue weighted by Crippen LogP contribution is -2.22. The van der Waals surface area contributed by atoms with Gasteiger partial charge in [0.2, 0.25) is 0 Å². The minimum absolute atomic E-state index is 0.461. The van der Waals surface area contributed by atoms with E-state index in [0.29, 0.717) is 5.92 Å². The standard InChI is InChI=1S/C13H17N3O/c1-9(2)7-8-12-15-10-5-3-4-6-11(10)16(12)13(14)17/h3-6,9H,7-8H2,1-2H3,(H2,14,17). The van der Waals surface area contributed by atoms with Crippen molar-refractivity contribution in [1.82, 2.24) is 9.55 Å². The number of primary amides is 1. The fourth-order valence-corrected chi connectivity index (χ4v) is 1.91. The summed E-state index contributed by atoms with van der Waals surface area (Å²) >= 11 is 0. The largest absolute Gasteiger partial charge is 0.351 e. The molecule has 0 spiro atoms. The van der Waals surface area contributed by atoms with Crippen molar-refractivity contribution in [2.75, 3.05) is 0 Å². The number of aromatic nitrogens is 2. The fourth-order valence-electron chi connectivity index (χ4n) is 1.91. The van der Waals surface area contributed by atoms with E-state index < -0.39 is 6.03 Å². The van der Waals surface area contributed by atoms with E-state index in [4.69, 9.17) is 5.73 Å². The van der Waals surface area contributed by atoms with Crippen LogP contribution >= 0.6 is 0 Å². The van der Waals surface area contributed by atoms with Crippen molar-refractivity contribution in [2.45, 2.75) is 26.7 Å². The number of hydrogen-bond acceptors (Lipinski definition) is 2. The lowest BCUT2D eigenvalue weighted by Gasteiger charge is -2.06. The number of nitrogens with zero attached hydrogens (tertiary/aromatic N) is 2. The van der Waals surface area contributed by atoms with Gasteiger partial charge in [0.05, 0.1) is 11.0 Å². The normalized spacial score (nSPS) is 11.2. The fraction of sp³-hybridized carbons (Fsp3) is 0.385. The number of imidazole rings is 1. The van der Waals surface area contributed by atoms with Gasteiger partial charge < -0.3 is 5.73 Å². The third-order valence-corrected chi connectivity index (χ3v) is 2.80. The second-order valence-corrected chi connectivity index (χ2v) is 4.62. The number of fused-ring (bicyclic) bond motifs is 1. The van der Waals surface area contributed by atoms with E-state index in [-0.39, 0.29) is 0 Å². The van der Waals surface area contributed by atoms with Crippen LogP contribution in [0.25, 0.3) is 11.0 Å². The number of rotatable bonds is 3. The van der Waals surface area contributed by atoms with Crippen molar-refractivity contribution < 1.29 is 4.79 Å².